The van der Waals surface area contributed by atoms with Crippen LogP contribution < -0.4 is 5.32 Å². The van der Waals surface area contributed by atoms with Crippen LogP contribution in [0.3, 0.4) is 0 Å². The lowest BCUT2D eigenvalue weighted by Crippen LogP contribution is -2.25. The van der Waals surface area contributed by atoms with E-state index in [0.29, 0.717) is 10.6 Å². The van der Waals surface area contributed by atoms with Gasteiger partial charge in [0.1, 0.15) is 11.5 Å². The summed E-state index contributed by atoms with van der Waals surface area (Å²) in [6.45, 7) is 2.03. The Hall–Kier alpha value is -2.44. The molecule has 118 valence electrons. The summed E-state index contributed by atoms with van der Waals surface area (Å²) < 4.78 is 5.36. The van der Waals surface area contributed by atoms with Gasteiger partial charge >= 0.3 is 0 Å². The average Bonchev–Trinajstić information content (AvgIpc) is 3.20. The number of aliphatic hydroxyl groups excluding tert-OH is 1. The summed E-state index contributed by atoms with van der Waals surface area (Å²) >= 11 is 1.38. The highest BCUT2D eigenvalue weighted by atomic mass is 32.1. The van der Waals surface area contributed by atoms with Crippen molar-refractivity contribution < 1.29 is 14.4 Å². The second-order valence-electron chi connectivity index (χ2n) is 4.97. The van der Waals surface area contributed by atoms with Crippen molar-refractivity contribution in [1.82, 2.24) is 10.5 Å². The molecule has 0 saturated heterocycles. The molecular weight excluding hydrogens is 312 g/mol. The van der Waals surface area contributed by atoms with E-state index in [4.69, 9.17) is 9.63 Å². The van der Waals surface area contributed by atoms with Crippen molar-refractivity contribution in [1.29, 1.82) is 0 Å². The van der Waals surface area contributed by atoms with Gasteiger partial charge in [0.25, 0.3) is 5.91 Å². The molecule has 0 aliphatic carbocycles. The number of thiophene rings is 1. The van der Waals surface area contributed by atoms with Crippen molar-refractivity contribution in [2.45, 2.75) is 6.92 Å². The van der Waals surface area contributed by atoms with Gasteiger partial charge in [0, 0.05) is 17.0 Å². The molecule has 0 aliphatic rings. The van der Waals surface area contributed by atoms with Crippen molar-refractivity contribution >= 4 is 17.2 Å². The topological polar surface area (TPSA) is 75.4 Å². The average molecular weight is 328 g/mol. The Morgan fingerprint density at radius 1 is 1.26 bits per heavy atom. The van der Waals surface area contributed by atoms with Gasteiger partial charge in [0.05, 0.1) is 17.0 Å². The van der Waals surface area contributed by atoms with Gasteiger partial charge in [0.15, 0.2) is 0 Å². The van der Waals surface area contributed by atoms with Crippen LogP contribution in [0.2, 0.25) is 0 Å². The number of carbonyl (C=O) groups is 1. The number of nitrogens with one attached hydrogen (secondary N) is 1. The van der Waals surface area contributed by atoms with E-state index in [9.17, 15) is 4.79 Å². The largest absolute Gasteiger partial charge is 0.395 e. The van der Waals surface area contributed by atoms with Crippen LogP contribution in [0.5, 0.6) is 0 Å². The number of aryl methyl sites for hydroxylation is 1. The molecule has 23 heavy (non-hydrogen) atoms. The van der Waals surface area contributed by atoms with E-state index >= 15 is 0 Å². The highest BCUT2D eigenvalue weighted by molar-refractivity contribution is 7.17. The Balaban J connectivity index is 1.96. The SMILES string of the molecule is Cc1onc(-c2ccccc2)c1-c1ccc(C(=O)NCCO)s1. The van der Waals surface area contributed by atoms with Gasteiger partial charge in [-0.15, -0.1) is 11.3 Å². The fourth-order valence-electron chi connectivity index (χ4n) is 2.31. The standard InChI is InChI=1S/C17H16N2O3S/c1-11-15(16(19-22-11)12-5-3-2-4-6-12)13-7-8-14(23-13)17(21)18-9-10-20/h2-8,20H,9-10H2,1H3,(H,18,21). The number of hydrogen-bond donors (Lipinski definition) is 2. The summed E-state index contributed by atoms with van der Waals surface area (Å²) in [5, 5.41) is 15.6. The molecule has 2 N–H and O–H groups in total. The third-order valence-electron chi connectivity index (χ3n) is 3.38. The molecule has 0 saturated carbocycles. The lowest BCUT2D eigenvalue weighted by molar-refractivity contribution is 0.0949. The maximum absolute atomic E-state index is 12.0. The van der Waals surface area contributed by atoms with Crippen LogP contribution in [-0.4, -0.2) is 29.3 Å². The lowest BCUT2D eigenvalue weighted by atomic mass is 10.1. The molecule has 0 aliphatic heterocycles. The number of hydrogen-bond acceptors (Lipinski definition) is 5. The van der Waals surface area contributed by atoms with E-state index in [1.165, 1.54) is 11.3 Å². The molecule has 3 rings (SSSR count). The summed E-state index contributed by atoms with van der Waals surface area (Å²) in [5.74, 6) is 0.527. The van der Waals surface area contributed by atoms with Crippen molar-refractivity contribution in [3.05, 3.63) is 53.1 Å². The minimum absolute atomic E-state index is 0.0765. The molecule has 0 spiro atoms. The molecule has 0 radical (unpaired) electrons. The van der Waals surface area contributed by atoms with Crippen LogP contribution in [0.1, 0.15) is 15.4 Å². The van der Waals surface area contributed by atoms with E-state index in [1.54, 1.807) is 6.07 Å². The first-order valence-corrected chi connectivity index (χ1v) is 8.03. The number of aliphatic hydroxyl groups is 1. The molecule has 1 aromatic carbocycles. The molecule has 1 amide bonds. The lowest BCUT2D eigenvalue weighted by Gasteiger charge is -2.01. The quantitative estimate of drug-likeness (QED) is 0.754. The summed E-state index contributed by atoms with van der Waals surface area (Å²) in [4.78, 5) is 13.5. The Morgan fingerprint density at radius 3 is 2.78 bits per heavy atom. The molecule has 2 heterocycles. The van der Waals surface area contributed by atoms with Crippen LogP contribution in [0, 0.1) is 6.92 Å². The van der Waals surface area contributed by atoms with Crippen LogP contribution in [0.4, 0.5) is 0 Å². The Labute approximate surface area is 137 Å². The van der Waals surface area contributed by atoms with Gasteiger partial charge in [0.2, 0.25) is 0 Å². The second kappa shape index (κ2) is 6.76. The molecule has 5 nitrogen and oxygen atoms in total. The van der Waals surface area contributed by atoms with E-state index in [1.807, 2.05) is 43.3 Å². The van der Waals surface area contributed by atoms with Crippen LogP contribution in [0.15, 0.2) is 47.0 Å². The predicted octanol–water partition coefficient (Wildman–Crippen LogP) is 3.10. The van der Waals surface area contributed by atoms with Crippen molar-refractivity contribution in [2.75, 3.05) is 13.2 Å². The van der Waals surface area contributed by atoms with Gasteiger partial charge < -0.3 is 14.9 Å². The molecule has 2 aromatic heterocycles. The highest BCUT2D eigenvalue weighted by Crippen LogP contribution is 2.37. The second-order valence-corrected chi connectivity index (χ2v) is 6.06. The van der Waals surface area contributed by atoms with E-state index in [-0.39, 0.29) is 19.1 Å². The zero-order valence-electron chi connectivity index (χ0n) is 12.6. The molecule has 0 fully saturated rings. The van der Waals surface area contributed by atoms with Crippen LogP contribution >= 0.6 is 11.3 Å². The molecule has 0 bridgehead atoms. The maximum atomic E-state index is 12.0. The Kier molecular flexibility index (Phi) is 4.55. The first kappa shape index (κ1) is 15.5. The minimum atomic E-state index is -0.189. The van der Waals surface area contributed by atoms with E-state index in [2.05, 4.69) is 10.5 Å². The van der Waals surface area contributed by atoms with Crippen molar-refractivity contribution in [3.63, 3.8) is 0 Å². The zero-order valence-corrected chi connectivity index (χ0v) is 13.4. The van der Waals surface area contributed by atoms with Gasteiger partial charge in [-0.25, -0.2) is 0 Å². The fourth-order valence-corrected chi connectivity index (χ4v) is 3.32. The molecular formula is C17H16N2O3S. The Bertz CT molecular complexity index is 808. The zero-order chi connectivity index (χ0) is 16.2. The van der Waals surface area contributed by atoms with Crippen LogP contribution in [0.25, 0.3) is 21.7 Å². The molecule has 0 unspecified atom stereocenters. The number of aromatic nitrogens is 1. The summed E-state index contributed by atoms with van der Waals surface area (Å²) in [6, 6.07) is 13.5. The first-order chi connectivity index (χ1) is 11.2. The monoisotopic (exact) mass is 328 g/mol. The number of benzene rings is 1. The number of nitrogens with zero attached hydrogens (tertiary/aromatic N) is 1. The van der Waals surface area contributed by atoms with Gasteiger partial charge in [-0.1, -0.05) is 35.5 Å². The Morgan fingerprint density at radius 2 is 2.04 bits per heavy atom. The summed E-state index contributed by atoms with van der Waals surface area (Å²) in [5.41, 5.74) is 2.65. The van der Waals surface area contributed by atoms with Crippen molar-refractivity contribution in [3.8, 4) is 21.7 Å². The molecule has 0 atom stereocenters. The molecule has 3 aromatic rings. The summed E-state index contributed by atoms with van der Waals surface area (Å²) in [6.07, 6.45) is 0. The number of amides is 1. The normalized spacial score (nSPS) is 10.7. The minimum Gasteiger partial charge on any atom is -0.395 e. The van der Waals surface area contributed by atoms with Gasteiger partial charge in [-0.05, 0) is 19.1 Å². The third kappa shape index (κ3) is 3.18. The smallest absolute Gasteiger partial charge is 0.261 e. The highest BCUT2D eigenvalue weighted by Gasteiger charge is 2.19. The van der Waals surface area contributed by atoms with Gasteiger partial charge in [-0.3, -0.25) is 4.79 Å². The van der Waals surface area contributed by atoms with Crippen molar-refractivity contribution in [2.24, 2.45) is 0 Å². The fraction of sp³-hybridized carbons (Fsp3) is 0.176. The molecule has 6 heteroatoms. The van der Waals surface area contributed by atoms with E-state index < -0.39 is 0 Å². The van der Waals surface area contributed by atoms with Crippen LogP contribution in [-0.2, 0) is 0 Å². The number of rotatable bonds is 5. The number of carbonyl (C=O) groups excluding carboxylic acids is 1. The van der Waals surface area contributed by atoms with Gasteiger partial charge in [-0.2, -0.15) is 0 Å². The predicted molar refractivity (Wildman–Crippen MR) is 89.4 cm³/mol. The maximum Gasteiger partial charge on any atom is 0.261 e. The van der Waals surface area contributed by atoms with E-state index in [0.717, 1.165) is 21.7 Å². The summed E-state index contributed by atoms with van der Waals surface area (Å²) in [7, 11) is 0. The first-order valence-electron chi connectivity index (χ1n) is 7.21. The third-order valence-corrected chi connectivity index (χ3v) is 4.49.